The van der Waals surface area contributed by atoms with Crippen LogP contribution in [0.5, 0.6) is 0 Å². The Morgan fingerprint density at radius 2 is 2.25 bits per heavy atom. The minimum Gasteiger partial charge on any atom is -0.345 e. The van der Waals surface area contributed by atoms with Gasteiger partial charge in [-0.25, -0.2) is 4.98 Å². The quantitative estimate of drug-likeness (QED) is 0.706. The third-order valence-corrected chi connectivity index (χ3v) is 4.55. The van der Waals surface area contributed by atoms with Crippen molar-refractivity contribution in [1.29, 1.82) is 0 Å². The molecule has 4 rings (SSSR count). The summed E-state index contributed by atoms with van der Waals surface area (Å²) < 4.78 is 2.11. The van der Waals surface area contributed by atoms with Crippen molar-refractivity contribution in [3.05, 3.63) is 24.3 Å². The summed E-state index contributed by atoms with van der Waals surface area (Å²) in [6, 6.07) is 2.26. The van der Waals surface area contributed by atoms with Crippen molar-refractivity contribution in [2.45, 2.75) is 38.6 Å². The molecule has 3 heterocycles. The Labute approximate surface area is 116 Å². The summed E-state index contributed by atoms with van der Waals surface area (Å²) in [5, 5.41) is 8.72. The molecule has 0 saturated heterocycles. The van der Waals surface area contributed by atoms with Gasteiger partial charge in [-0.3, -0.25) is 4.40 Å². The van der Waals surface area contributed by atoms with Crippen LogP contribution in [0.4, 0.5) is 0 Å². The molecule has 0 spiro atoms. The van der Waals surface area contributed by atoms with Crippen LogP contribution in [0, 0.1) is 5.41 Å². The average Bonchev–Trinajstić information content (AvgIpc) is 3.04. The minimum absolute atomic E-state index is 0.147. The van der Waals surface area contributed by atoms with Gasteiger partial charge in [-0.15, -0.1) is 10.2 Å². The first kappa shape index (κ1) is 11.8. The molecule has 1 saturated carbocycles. The predicted octanol–water partition coefficient (Wildman–Crippen LogP) is 1.84. The number of aromatic amines is 1. The number of nitrogens with zero attached hydrogens (tertiary/aromatic N) is 4. The van der Waals surface area contributed by atoms with Gasteiger partial charge in [0.2, 0.25) is 0 Å². The molecule has 0 bridgehead atoms. The van der Waals surface area contributed by atoms with Crippen LogP contribution in [0.15, 0.2) is 18.5 Å². The fraction of sp³-hybridized carbons (Fsp3) is 0.500. The maximum absolute atomic E-state index is 6.17. The zero-order valence-corrected chi connectivity index (χ0v) is 11.7. The van der Waals surface area contributed by atoms with Gasteiger partial charge in [0.25, 0.3) is 0 Å². The van der Waals surface area contributed by atoms with Gasteiger partial charge in [0.05, 0.1) is 11.7 Å². The zero-order valence-electron chi connectivity index (χ0n) is 11.7. The van der Waals surface area contributed by atoms with Crippen molar-refractivity contribution in [1.82, 2.24) is 24.6 Å². The van der Waals surface area contributed by atoms with E-state index in [0.29, 0.717) is 5.92 Å². The van der Waals surface area contributed by atoms with Crippen molar-refractivity contribution in [2.24, 2.45) is 11.1 Å². The molecule has 0 aliphatic heterocycles. The van der Waals surface area contributed by atoms with Crippen molar-refractivity contribution >= 4 is 16.8 Å². The molecule has 104 valence electrons. The molecule has 3 aromatic heterocycles. The molecule has 3 aromatic rings. The lowest BCUT2D eigenvalue weighted by Gasteiger charge is -2.25. The van der Waals surface area contributed by atoms with Crippen LogP contribution >= 0.6 is 0 Å². The van der Waals surface area contributed by atoms with Crippen LogP contribution in [0.1, 0.15) is 38.4 Å². The molecule has 0 aromatic carbocycles. The molecule has 0 radical (unpaired) electrons. The number of aromatic nitrogens is 5. The molecular weight excluding hydrogens is 252 g/mol. The monoisotopic (exact) mass is 270 g/mol. The average molecular weight is 270 g/mol. The van der Waals surface area contributed by atoms with Gasteiger partial charge in [-0.1, -0.05) is 13.8 Å². The van der Waals surface area contributed by atoms with Gasteiger partial charge in [0, 0.05) is 18.2 Å². The van der Waals surface area contributed by atoms with Crippen molar-refractivity contribution in [3.63, 3.8) is 0 Å². The molecule has 6 heteroatoms. The number of nitrogens with one attached hydrogen (secondary N) is 1. The summed E-state index contributed by atoms with van der Waals surface area (Å²) in [6.45, 7) is 4.53. The topological polar surface area (TPSA) is 84.9 Å². The number of nitrogens with two attached hydrogens (primary N) is 1. The third-order valence-electron chi connectivity index (χ3n) is 4.55. The fourth-order valence-corrected chi connectivity index (χ4v) is 3.60. The summed E-state index contributed by atoms with van der Waals surface area (Å²) in [4.78, 5) is 7.49. The van der Waals surface area contributed by atoms with Gasteiger partial charge in [0.1, 0.15) is 5.82 Å². The second-order valence-corrected chi connectivity index (χ2v) is 6.46. The lowest BCUT2D eigenvalue weighted by Crippen LogP contribution is -2.19. The van der Waals surface area contributed by atoms with E-state index in [9.17, 15) is 0 Å². The highest BCUT2D eigenvalue weighted by atomic mass is 15.3. The van der Waals surface area contributed by atoms with Crippen LogP contribution in [-0.4, -0.2) is 30.6 Å². The van der Waals surface area contributed by atoms with Gasteiger partial charge >= 0.3 is 0 Å². The highest BCUT2D eigenvalue weighted by Crippen LogP contribution is 2.47. The van der Waals surface area contributed by atoms with E-state index in [0.717, 1.165) is 35.5 Å². The Kier molecular flexibility index (Phi) is 2.24. The summed E-state index contributed by atoms with van der Waals surface area (Å²) in [7, 11) is 0. The van der Waals surface area contributed by atoms with E-state index < -0.39 is 0 Å². The van der Waals surface area contributed by atoms with Gasteiger partial charge < -0.3 is 10.7 Å². The molecule has 0 amide bonds. The summed E-state index contributed by atoms with van der Waals surface area (Å²) in [5.41, 5.74) is 9.00. The second kappa shape index (κ2) is 3.79. The molecule has 2 atom stereocenters. The first-order valence-electron chi connectivity index (χ1n) is 6.99. The van der Waals surface area contributed by atoms with E-state index in [-0.39, 0.29) is 11.5 Å². The zero-order chi connectivity index (χ0) is 13.9. The molecule has 20 heavy (non-hydrogen) atoms. The maximum Gasteiger partial charge on any atom is 0.179 e. The lowest BCUT2D eigenvalue weighted by molar-refractivity contribution is 0.319. The Morgan fingerprint density at radius 3 is 3.00 bits per heavy atom. The number of fused-ring (bicyclic) bond motifs is 3. The first-order chi connectivity index (χ1) is 9.56. The normalized spacial score (nSPS) is 25.8. The number of hydrogen-bond donors (Lipinski definition) is 2. The first-order valence-corrected chi connectivity index (χ1v) is 6.99. The van der Waals surface area contributed by atoms with Gasteiger partial charge in [-0.2, -0.15) is 0 Å². The third kappa shape index (κ3) is 1.51. The van der Waals surface area contributed by atoms with E-state index in [1.807, 2.05) is 12.3 Å². The Morgan fingerprint density at radius 1 is 1.40 bits per heavy atom. The largest absolute Gasteiger partial charge is 0.345 e. The van der Waals surface area contributed by atoms with Crippen molar-refractivity contribution in [2.75, 3.05) is 0 Å². The van der Waals surface area contributed by atoms with Gasteiger partial charge in [-0.05, 0) is 24.3 Å². The lowest BCUT2D eigenvalue weighted by atomic mass is 9.81. The molecule has 1 fully saturated rings. The van der Waals surface area contributed by atoms with Gasteiger partial charge in [0.15, 0.2) is 11.3 Å². The smallest absolute Gasteiger partial charge is 0.179 e. The molecule has 6 nitrogen and oxygen atoms in total. The Bertz CT molecular complexity index is 783. The molecular formula is C14H18N6. The number of H-pyrrole nitrogens is 1. The van der Waals surface area contributed by atoms with Crippen LogP contribution in [0.2, 0.25) is 0 Å². The summed E-state index contributed by atoms with van der Waals surface area (Å²) in [6.07, 6.45) is 5.64. The Balaban J connectivity index is 1.98. The summed E-state index contributed by atoms with van der Waals surface area (Å²) in [5.74, 6) is 1.33. The van der Waals surface area contributed by atoms with Crippen molar-refractivity contribution < 1.29 is 0 Å². The van der Waals surface area contributed by atoms with E-state index >= 15 is 0 Å². The molecule has 3 N–H and O–H groups in total. The highest BCUT2D eigenvalue weighted by molar-refractivity contribution is 5.74. The molecule has 1 aliphatic carbocycles. The van der Waals surface area contributed by atoms with Crippen LogP contribution in [0.25, 0.3) is 16.8 Å². The predicted molar refractivity (Wildman–Crippen MR) is 76.4 cm³/mol. The highest BCUT2D eigenvalue weighted by Gasteiger charge is 2.42. The molecule has 1 aliphatic rings. The van der Waals surface area contributed by atoms with Crippen LogP contribution in [-0.2, 0) is 0 Å². The minimum atomic E-state index is 0.147. The van der Waals surface area contributed by atoms with E-state index in [4.69, 9.17) is 5.73 Å². The summed E-state index contributed by atoms with van der Waals surface area (Å²) >= 11 is 0. The van der Waals surface area contributed by atoms with Crippen LogP contribution in [0.3, 0.4) is 0 Å². The Hall–Kier alpha value is -1.95. The maximum atomic E-state index is 6.17. The second-order valence-electron chi connectivity index (χ2n) is 6.46. The van der Waals surface area contributed by atoms with Crippen LogP contribution < -0.4 is 5.73 Å². The SMILES string of the molecule is CC1(C)C[C@H](N)C[C@@H]1c1nnc2cnc3[nH]ccc3n12. The fourth-order valence-electron chi connectivity index (χ4n) is 3.60. The van der Waals surface area contributed by atoms with E-state index in [1.165, 1.54) is 0 Å². The van der Waals surface area contributed by atoms with E-state index in [1.54, 1.807) is 6.20 Å². The number of rotatable bonds is 1. The number of hydrogen-bond acceptors (Lipinski definition) is 4. The standard InChI is InChI=1S/C14H18N6/c1-14(2)6-8(15)5-9(14)13-19-18-11-7-17-12-10(20(11)13)3-4-16-12/h3-4,7-9,16H,5-6,15H2,1-2H3/t8-,9-/m1/s1. The van der Waals surface area contributed by atoms with Crippen molar-refractivity contribution in [3.8, 4) is 0 Å². The molecule has 0 unspecified atom stereocenters. The van der Waals surface area contributed by atoms with E-state index in [2.05, 4.69) is 38.4 Å².